The fourth-order valence-electron chi connectivity index (χ4n) is 3.63. The van der Waals surface area contributed by atoms with E-state index in [1.807, 2.05) is 17.0 Å². The van der Waals surface area contributed by atoms with Crippen molar-refractivity contribution < 1.29 is 13.6 Å². The molecular formula is C22H20BrFN2O2. The van der Waals surface area contributed by atoms with Gasteiger partial charge in [-0.25, -0.2) is 9.37 Å². The molecule has 1 unspecified atom stereocenters. The van der Waals surface area contributed by atoms with E-state index in [1.54, 1.807) is 18.3 Å². The Morgan fingerprint density at radius 1 is 1.18 bits per heavy atom. The Labute approximate surface area is 171 Å². The molecule has 0 spiro atoms. The van der Waals surface area contributed by atoms with Gasteiger partial charge in [-0.15, -0.1) is 0 Å². The van der Waals surface area contributed by atoms with Gasteiger partial charge in [0, 0.05) is 29.4 Å². The number of carbonyl (C=O) groups excluding carboxylic acids is 1. The Hall–Kier alpha value is -2.47. The fourth-order valence-corrected chi connectivity index (χ4v) is 3.89. The van der Waals surface area contributed by atoms with E-state index >= 15 is 0 Å². The van der Waals surface area contributed by atoms with Crippen molar-refractivity contribution in [2.45, 2.75) is 31.7 Å². The Kier molecular flexibility index (Phi) is 5.57. The third-order valence-corrected chi connectivity index (χ3v) is 5.59. The summed E-state index contributed by atoms with van der Waals surface area (Å²) >= 11 is 3.45. The zero-order valence-electron chi connectivity index (χ0n) is 15.3. The summed E-state index contributed by atoms with van der Waals surface area (Å²) in [5, 5.41) is 0. The molecule has 1 fully saturated rings. The molecule has 1 aromatic heterocycles. The van der Waals surface area contributed by atoms with Gasteiger partial charge in [0.2, 0.25) is 5.91 Å². The van der Waals surface area contributed by atoms with Gasteiger partial charge in [-0.3, -0.25) is 4.79 Å². The van der Waals surface area contributed by atoms with E-state index in [0.717, 1.165) is 29.4 Å². The number of rotatable bonds is 5. The topological polar surface area (TPSA) is 46.3 Å². The number of halogens is 2. The summed E-state index contributed by atoms with van der Waals surface area (Å²) in [5.41, 5.74) is 1.94. The van der Waals surface area contributed by atoms with Crippen LogP contribution in [0.4, 0.5) is 4.39 Å². The molecule has 4 rings (SSSR count). The van der Waals surface area contributed by atoms with E-state index in [0.29, 0.717) is 24.5 Å². The first-order valence-corrected chi connectivity index (χ1v) is 10.1. The lowest BCUT2D eigenvalue weighted by Gasteiger charge is -2.25. The minimum absolute atomic E-state index is 0.118. The van der Waals surface area contributed by atoms with Crippen LogP contribution in [0.2, 0.25) is 0 Å². The number of aromatic nitrogens is 1. The Bertz CT molecular complexity index is 953. The van der Waals surface area contributed by atoms with E-state index in [9.17, 15) is 9.18 Å². The Morgan fingerprint density at radius 3 is 2.68 bits per heavy atom. The van der Waals surface area contributed by atoms with Crippen LogP contribution in [-0.4, -0.2) is 22.3 Å². The molecular weight excluding hydrogens is 423 g/mol. The van der Waals surface area contributed by atoms with Gasteiger partial charge in [-0.1, -0.05) is 28.1 Å². The first-order chi connectivity index (χ1) is 13.6. The van der Waals surface area contributed by atoms with Crippen LogP contribution in [0.1, 0.15) is 36.8 Å². The summed E-state index contributed by atoms with van der Waals surface area (Å²) in [6.45, 7) is 0.784. The van der Waals surface area contributed by atoms with E-state index in [1.165, 1.54) is 17.7 Å². The van der Waals surface area contributed by atoms with Gasteiger partial charge in [0.25, 0.3) is 0 Å². The number of amides is 1. The molecule has 0 bridgehead atoms. The predicted molar refractivity (Wildman–Crippen MR) is 108 cm³/mol. The average Bonchev–Trinajstić information content (AvgIpc) is 3.37. The SMILES string of the molecule is O=C(CCc1ncc(-c2ccc(F)cc2)o1)N1CCCC1c1ccc(Br)cc1. The van der Waals surface area contributed by atoms with Crippen molar-refractivity contribution in [1.29, 1.82) is 0 Å². The van der Waals surface area contributed by atoms with Crippen LogP contribution in [-0.2, 0) is 11.2 Å². The van der Waals surface area contributed by atoms with E-state index in [4.69, 9.17) is 4.42 Å². The number of oxazole rings is 1. The highest BCUT2D eigenvalue weighted by Gasteiger charge is 2.29. The lowest BCUT2D eigenvalue weighted by Crippen LogP contribution is -2.30. The van der Waals surface area contributed by atoms with Crippen molar-refractivity contribution in [3.8, 4) is 11.3 Å². The molecule has 1 aliphatic rings. The Morgan fingerprint density at radius 2 is 1.93 bits per heavy atom. The normalized spacial score (nSPS) is 16.5. The van der Waals surface area contributed by atoms with Crippen LogP contribution >= 0.6 is 15.9 Å². The number of aryl methyl sites for hydroxylation is 1. The average molecular weight is 443 g/mol. The van der Waals surface area contributed by atoms with Crippen LogP contribution in [0, 0.1) is 5.82 Å². The molecule has 0 saturated carbocycles. The second-order valence-corrected chi connectivity index (χ2v) is 7.84. The van der Waals surface area contributed by atoms with Crippen LogP contribution < -0.4 is 0 Å². The van der Waals surface area contributed by atoms with Crippen molar-refractivity contribution in [1.82, 2.24) is 9.88 Å². The molecule has 0 radical (unpaired) electrons. The third-order valence-electron chi connectivity index (χ3n) is 5.06. The summed E-state index contributed by atoms with van der Waals surface area (Å²) in [4.78, 5) is 19.0. The predicted octanol–water partition coefficient (Wildman–Crippen LogP) is 5.54. The van der Waals surface area contributed by atoms with Crippen LogP contribution in [0.25, 0.3) is 11.3 Å². The Balaban J connectivity index is 1.39. The van der Waals surface area contributed by atoms with Crippen molar-refractivity contribution in [3.63, 3.8) is 0 Å². The number of nitrogens with zero attached hydrogens (tertiary/aromatic N) is 2. The van der Waals surface area contributed by atoms with Gasteiger partial charge in [-0.2, -0.15) is 0 Å². The van der Waals surface area contributed by atoms with Gasteiger partial charge >= 0.3 is 0 Å². The first kappa shape index (κ1) is 18.9. The minimum atomic E-state index is -0.292. The second-order valence-electron chi connectivity index (χ2n) is 6.92. The molecule has 2 heterocycles. The summed E-state index contributed by atoms with van der Waals surface area (Å²) in [7, 11) is 0. The highest BCUT2D eigenvalue weighted by molar-refractivity contribution is 9.10. The summed E-state index contributed by atoms with van der Waals surface area (Å²) < 4.78 is 19.8. The first-order valence-electron chi connectivity index (χ1n) is 9.36. The number of hydrogen-bond acceptors (Lipinski definition) is 3. The number of likely N-dealkylation sites (tertiary alicyclic amines) is 1. The second kappa shape index (κ2) is 8.27. The quantitative estimate of drug-likeness (QED) is 0.520. The summed E-state index contributed by atoms with van der Waals surface area (Å²) in [6.07, 6.45) is 4.43. The maximum Gasteiger partial charge on any atom is 0.223 e. The summed E-state index contributed by atoms with van der Waals surface area (Å²) in [6, 6.07) is 14.4. The van der Waals surface area contributed by atoms with Crippen LogP contribution in [0.3, 0.4) is 0 Å². The smallest absolute Gasteiger partial charge is 0.223 e. The number of hydrogen-bond donors (Lipinski definition) is 0. The van der Waals surface area contributed by atoms with E-state index in [2.05, 4.69) is 33.0 Å². The molecule has 6 heteroatoms. The maximum atomic E-state index is 13.0. The summed E-state index contributed by atoms with van der Waals surface area (Å²) in [5.74, 6) is 0.926. The molecule has 4 nitrogen and oxygen atoms in total. The van der Waals surface area contributed by atoms with Crippen molar-refractivity contribution in [2.75, 3.05) is 6.54 Å². The number of benzene rings is 2. The maximum absolute atomic E-state index is 13.0. The standard InChI is InChI=1S/C22H20BrFN2O2/c23-17-7-3-15(4-8-17)19-2-1-13-26(19)22(27)12-11-21-25-14-20(28-21)16-5-9-18(24)10-6-16/h3-10,14,19H,1-2,11-13H2. The van der Waals surface area contributed by atoms with Crippen molar-refractivity contribution in [2.24, 2.45) is 0 Å². The fraction of sp³-hybridized carbons (Fsp3) is 0.273. The number of carbonyl (C=O) groups is 1. The lowest BCUT2D eigenvalue weighted by atomic mass is 10.0. The van der Waals surface area contributed by atoms with Crippen molar-refractivity contribution in [3.05, 3.63) is 76.5 Å². The van der Waals surface area contributed by atoms with E-state index < -0.39 is 0 Å². The van der Waals surface area contributed by atoms with Gasteiger partial charge in [-0.05, 0) is 54.8 Å². The molecule has 1 aliphatic heterocycles. The third kappa shape index (κ3) is 4.17. The van der Waals surface area contributed by atoms with E-state index in [-0.39, 0.29) is 17.8 Å². The van der Waals surface area contributed by atoms with Crippen LogP contribution in [0.5, 0.6) is 0 Å². The van der Waals surface area contributed by atoms with Gasteiger partial charge in [0.1, 0.15) is 5.82 Å². The molecule has 1 saturated heterocycles. The van der Waals surface area contributed by atoms with Gasteiger partial charge in [0.15, 0.2) is 11.7 Å². The molecule has 2 aromatic carbocycles. The zero-order valence-corrected chi connectivity index (χ0v) is 16.9. The van der Waals surface area contributed by atoms with Gasteiger partial charge in [0.05, 0.1) is 12.2 Å². The largest absolute Gasteiger partial charge is 0.441 e. The van der Waals surface area contributed by atoms with Crippen LogP contribution in [0.15, 0.2) is 63.6 Å². The molecule has 144 valence electrons. The minimum Gasteiger partial charge on any atom is -0.441 e. The monoisotopic (exact) mass is 442 g/mol. The van der Waals surface area contributed by atoms with Crippen molar-refractivity contribution >= 4 is 21.8 Å². The lowest BCUT2D eigenvalue weighted by molar-refractivity contribution is -0.132. The zero-order chi connectivity index (χ0) is 19.5. The molecule has 0 N–H and O–H groups in total. The molecule has 1 atom stereocenters. The van der Waals surface area contributed by atoms with Gasteiger partial charge < -0.3 is 9.32 Å². The molecule has 1 amide bonds. The molecule has 3 aromatic rings. The highest BCUT2D eigenvalue weighted by Crippen LogP contribution is 2.33. The molecule has 0 aliphatic carbocycles. The molecule has 28 heavy (non-hydrogen) atoms. The highest BCUT2D eigenvalue weighted by atomic mass is 79.9.